The van der Waals surface area contributed by atoms with Gasteiger partial charge >= 0.3 is 0 Å². The Kier molecular flexibility index (Phi) is 2.68. The van der Waals surface area contributed by atoms with E-state index in [-0.39, 0.29) is 4.66 Å². The number of hydrogen-bond acceptors (Lipinski definition) is 2. The lowest BCUT2D eigenvalue weighted by molar-refractivity contribution is 0.369. The molecule has 0 aromatic rings. The third-order valence-electron chi connectivity index (χ3n) is 3.20. The zero-order valence-electron chi connectivity index (χ0n) is 7.45. The molecule has 1 aliphatic carbocycles. The van der Waals surface area contributed by atoms with Crippen molar-refractivity contribution in [3.63, 3.8) is 0 Å². The van der Waals surface area contributed by atoms with Gasteiger partial charge in [-0.2, -0.15) is 4.31 Å². The highest BCUT2D eigenvalue weighted by Gasteiger charge is 2.42. The predicted molar refractivity (Wildman–Crippen MR) is 55.2 cm³/mol. The van der Waals surface area contributed by atoms with Crippen molar-refractivity contribution in [2.45, 2.75) is 31.7 Å². The van der Waals surface area contributed by atoms with E-state index in [4.69, 9.17) is 0 Å². The average Bonchev–Trinajstić information content (AvgIpc) is 2.62. The molecule has 0 aromatic carbocycles. The summed E-state index contributed by atoms with van der Waals surface area (Å²) in [4.78, 5) is 0. The van der Waals surface area contributed by atoms with Crippen LogP contribution >= 0.6 is 15.9 Å². The van der Waals surface area contributed by atoms with Crippen molar-refractivity contribution in [2.75, 3.05) is 11.2 Å². The molecular weight excluding hydrogens is 254 g/mol. The van der Waals surface area contributed by atoms with E-state index in [0.717, 1.165) is 19.4 Å². The van der Waals surface area contributed by atoms with Crippen LogP contribution in [0, 0.1) is 5.92 Å². The molecule has 0 radical (unpaired) electrons. The maximum Gasteiger partial charge on any atom is 0.224 e. The highest BCUT2D eigenvalue weighted by Crippen LogP contribution is 2.39. The average molecular weight is 268 g/mol. The van der Waals surface area contributed by atoms with Crippen LogP contribution in [-0.4, -0.2) is 30.0 Å². The van der Waals surface area contributed by atoms with E-state index in [1.807, 2.05) is 0 Å². The summed E-state index contributed by atoms with van der Waals surface area (Å²) >= 11 is 3.05. The Morgan fingerprint density at radius 3 is 2.77 bits per heavy atom. The van der Waals surface area contributed by atoms with Crippen LogP contribution in [0.5, 0.6) is 0 Å². The second-order valence-corrected chi connectivity index (χ2v) is 7.10. The van der Waals surface area contributed by atoms with Gasteiger partial charge in [0.2, 0.25) is 10.0 Å². The van der Waals surface area contributed by atoms with Crippen LogP contribution in [0.25, 0.3) is 0 Å². The maximum atomic E-state index is 11.6. The normalized spacial score (nSPS) is 35.2. The number of fused-ring (bicyclic) bond motifs is 1. The second-order valence-electron chi connectivity index (χ2n) is 3.88. The summed E-state index contributed by atoms with van der Waals surface area (Å²) in [6.07, 6.45) is 4.55. The highest BCUT2D eigenvalue weighted by atomic mass is 79.9. The Balaban J connectivity index is 2.18. The van der Waals surface area contributed by atoms with E-state index in [2.05, 4.69) is 15.9 Å². The predicted octanol–water partition coefficient (Wildman–Crippen LogP) is 1.54. The molecule has 1 aliphatic heterocycles. The van der Waals surface area contributed by atoms with Crippen LogP contribution in [-0.2, 0) is 10.0 Å². The summed E-state index contributed by atoms with van der Waals surface area (Å²) in [6, 6.07) is 0.322. The minimum atomic E-state index is -3.00. The first-order valence-electron chi connectivity index (χ1n) is 4.70. The third kappa shape index (κ3) is 1.66. The standard InChI is InChI=1S/C8H14BrNO2S/c9-6-13(11,12)10-5-4-7-2-1-3-8(7)10/h7-8H,1-6H2. The lowest BCUT2D eigenvalue weighted by Gasteiger charge is -2.21. The van der Waals surface area contributed by atoms with Crippen molar-refractivity contribution in [1.29, 1.82) is 0 Å². The first-order valence-corrected chi connectivity index (χ1v) is 7.43. The van der Waals surface area contributed by atoms with Gasteiger partial charge in [-0.25, -0.2) is 8.42 Å². The molecule has 0 spiro atoms. The van der Waals surface area contributed by atoms with Crippen molar-refractivity contribution >= 4 is 26.0 Å². The number of sulfonamides is 1. The van der Waals surface area contributed by atoms with Gasteiger partial charge in [0, 0.05) is 12.6 Å². The lowest BCUT2D eigenvalue weighted by Crippen LogP contribution is -2.36. The van der Waals surface area contributed by atoms with Gasteiger partial charge in [0.25, 0.3) is 0 Å². The van der Waals surface area contributed by atoms with Crippen LogP contribution in [0.1, 0.15) is 25.7 Å². The molecule has 1 saturated carbocycles. The number of nitrogens with zero attached hydrogens (tertiary/aromatic N) is 1. The van der Waals surface area contributed by atoms with Gasteiger partial charge in [-0.05, 0) is 25.2 Å². The Morgan fingerprint density at radius 1 is 1.31 bits per heavy atom. The topological polar surface area (TPSA) is 37.4 Å². The fourth-order valence-corrected chi connectivity index (χ4v) is 4.59. The first-order chi connectivity index (χ1) is 6.15. The van der Waals surface area contributed by atoms with Crippen molar-refractivity contribution in [2.24, 2.45) is 5.92 Å². The molecule has 13 heavy (non-hydrogen) atoms. The lowest BCUT2D eigenvalue weighted by atomic mass is 10.1. The van der Waals surface area contributed by atoms with Crippen molar-refractivity contribution in [3.8, 4) is 0 Å². The molecule has 1 heterocycles. The van der Waals surface area contributed by atoms with Gasteiger partial charge in [-0.3, -0.25) is 0 Å². The van der Waals surface area contributed by atoms with Crippen LogP contribution in [0.4, 0.5) is 0 Å². The Hall–Kier alpha value is 0.390. The van der Waals surface area contributed by atoms with E-state index in [9.17, 15) is 8.42 Å². The van der Waals surface area contributed by atoms with Crippen LogP contribution in [0.3, 0.4) is 0 Å². The van der Waals surface area contributed by atoms with Gasteiger partial charge in [0.1, 0.15) is 4.66 Å². The summed E-state index contributed by atoms with van der Waals surface area (Å²) in [5.41, 5.74) is 0. The molecule has 0 aromatic heterocycles. The number of halogens is 1. The molecule has 2 aliphatic rings. The van der Waals surface area contributed by atoms with Gasteiger partial charge in [0.05, 0.1) is 0 Å². The van der Waals surface area contributed by atoms with Crippen LogP contribution in [0.15, 0.2) is 0 Å². The van der Waals surface area contributed by atoms with E-state index >= 15 is 0 Å². The molecule has 0 bridgehead atoms. The van der Waals surface area contributed by atoms with Crippen LogP contribution < -0.4 is 0 Å². The van der Waals surface area contributed by atoms with E-state index in [0.29, 0.717) is 12.0 Å². The van der Waals surface area contributed by atoms with Gasteiger partial charge in [-0.1, -0.05) is 22.4 Å². The molecule has 2 rings (SSSR count). The fourth-order valence-electron chi connectivity index (χ4n) is 2.60. The third-order valence-corrected chi connectivity index (χ3v) is 6.38. The summed E-state index contributed by atoms with van der Waals surface area (Å²) in [5, 5.41) is 0. The number of hydrogen-bond donors (Lipinski definition) is 0. The highest BCUT2D eigenvalue weighted by molar-refractivity contribution is 9.10. The largest absolute Gasteiger partial charge is 0.224 e. The van der Waals surface area contributed by atoms with Crippen molar-refractivity contribution < 1.29 is 8.42 Å². The Morgan fingerprint density at radius 2 is 2.08 bits per heavy atom. The molecular formula is C8H14BrNO2S. The first kappa shape index (κ1) is 9.93. The molecule has 76 valence electrons. The monoisotopic (exact) mass is 267 g/mol. The molecule has 5 heteroatoms. The molecule has 0 N–H and O–H groups in total. The van der Waals surface area contributed by atoms with Crippen molar-refractivity contribution in [1.82, 2.24) is 4.31 Å². The number of alkyl halides is 1. The minimum absolute atomic E-state index is 0.0726. The minimum Gasteiger partial charge on any atom is -0.211 e. The molecule has 2 fully saturated rings. The summed E-state index contributed by atoms with van der Waals surface area (Å²) in [5.74, 6) is 0.647. The second kappa shape index (κ2) is 3.51. The van der Waals surface area contributed by atoms with Crippen molar-refractivity contribution in [3.05, 3.63) is 0 Å². The van der Waals surface area contributed by atoms with Crippen LogP contribution in [0.2, 0.25) is 0 Å². The SMILES string of the molecule is O=S(=O)(CBr)N1CCC2CCCC21. The number of rotatable bonds is 2. The van der Waals surface area contributed by atoms with Gasteiger partial charge < -0.3 is 0 Å². The molecule has 2 atom stereocenters. The fraction of sp³-hybridized carbons (Fsp3) is 1.00. The van der Waals surface area contributed by atoms with E-state index in [1.54, 1.807) is 4.31 Å². The van der Waals surface area contributed by atoms with E-state index < -0.39 is 10.0 Å². The maximum absolute atomic E-state index is 11.6. The smallest absolute Gasteiger partial charge is 0.211 e. The molecule has 2 unspecified atom stereocenters. The van der Waals surface area contributed by atoms with Gasteiger partial charge in [0.15, 0.2) is 0 Å². The zero-order chi connectivity index (χ0) is 9.47. The Bertz CT molecular complexity index is 291. The summed E-state index contributed by atoms with van der Waals surface area (Å²) in [6.45, 7) is 0.739. The van der Waals surface area contributed by atoms with Gasteiger partial charge in [-0.15, -0.1) is 0 Å². The molecule has 0 amide bonds. The van der Waals surface area contributed by atoms with E-state index in [1.165, 1.54) is 12.8 Å². The quantitative estimate of drug-likeness (QED) is 0.712. The molecule has 3 nitrogen and oxygen atoms in total. The summed E-state index contributed by atoms with van der Waals surface area (Å²) < 4.78 is 25.0. The Labute approximate surface area is 87.7 Å². The summed E-state index contributed by atoms with van der Waals surface area (Å²) in [7, 11) is -3.00. The molecule has 1 saturated heterocycles. The zero-order valence-corrected chi connectivity index (χ0v) is 9.85.